The summed E-state index contributed by atoms with van der Waals surface area (Å²) in [5, 5.41) is 2.75. The summed E-state index contributed by atoms with van der Waals surface area (Å²) < 4.78 is 6.16. The number of ether oxygens (including phenoxy) is 1. The fourth-order valence-electron chi connectivity index (χ4n) is 1.51. The van der Waals surface area contributed by atoms with Crippen molar-refractivity contribution in [2.75, 3.05) is 0 Å². The summed E-state index contributed by atoms with van der Waals surface area (Å²) in [6.07, 6.45) is -0.411. The van der Waals surface area contributed by atoms with Gasteiger partial charge in [0.1, 0.15) is 13.7 Å². The fourth-order valence-corrected chi connectivity index (χ4v) is 2.55. The average Bonchev–Trinajstić information content (AvgIpc) is 2.32. The molecule has 0 unspecified atom stereocenters. The molecule has 0 aliphatic rings. The lowest BCUT2D eigenvalue weighted by molar-refractivity contribution is 0.0523. The van der Waals surface area contributed by atoms with Crippen molar-refractivity contribution in [1.29, 1.82) is 0 Å². The molecule has 22 heavy (non-hydrogen) atoms. The SMILES string of the molecule is CC(C)(C)OC(=O)NCc1ccc(C#C[Si](C)(C)C)c(Br)c1. The third-order valence-electron chi connectivity index (χ3n) is 2.44. The molecule has 0 aliphatic carbocycles. The normalized spacial score (nSPS) is 11.4. The van der Waals surface area contributed by atoms with Gasteiger partial charge in [-0.25, -0.2) is 4.79 Å². The number of amides is 1. The number of carbonyl (C=O) groups excluding carboxylic acids is 1. The van der Waals surface area contributed by atoms with Gasteiger partial charge >= 0.3 is 6.09 Å². The van der Waals surface area contributed by atoms with Gasteiger partial charge in [0.2, 0.25) is 0 Å². The van der Waals surface area contributed by atoms with Crippen LogP contribution in [0.1, 0.15) is 31.9 Å². The van der Waals surface area contributed by atoms with Gasteiger partial charge in [-0.2, -0.15) is 0 Å². The maximum absolute atomic E-state index is 11.6. The van der Waals surface area contributed by atoms with E-state index in [0.717, 1.165) is 15.6 Å². The molecule has 0 heterocycles. The summed E-state index contributed by atoms with van der Waals surface area (Å²) in [5.41, 5.74) is 4.83. The van der Waals surface area contributed by atoms with Crippen molar-refractivity contribution >= 4 is 30.1 Å². The maximum Gasteiger partial charge on any atom is 0.407 e. The van der Waals surface area contributed by atoms with E-state index in [2.05, 4.69) is 52.4 Å². The lowest BCUT2D eigenvalue weighted by atomic mass is 10.1. The number of hydrogen-bond donors (Lipinski definition) is 1. The summed E-state index contributed by atoms with van der Waals surface area (Å²) in [7, 11) is -1.39. The minimum absolute atomic E-state index is 0.411. The molecule has 1 amide bonds. The van der Waals surface area contributed by atoms with Crippen LogP contribution in [0.3, 0.4) is 0 Å². The topological polar surface area (TPSA) is 38.3 Å². The van der Waals surface area contributed by atoms with Crippen LogP contribution in [0, 0.1) is 11.5 Å². The Morgan fingerprint density at radius 1 is 1.32 bits per heavy atom. The largest absolute Gasteiger partial charge is 0.444 e. The zero-order valence-corrected chi connectivity index (χ0v) is 16.7. The minimum atomic E-state index is -1.39. The van der Waals surface area contributed by atoms with Crippen LogP contribution in [-0.2, 0) is 11.3 Å². The van der Waals surface area contributed by atoms with Gasteiger partial charge in [-0.05, 0) is 54.4 Å². The van der Waals surface area contributed by atoms with Crippen LogP contribution < -0.4 is 5.32 Å². The Morgan fingerprint density at radius 3 is 2.45 bits per heavy atom. The Labute approximate surface area is 143 Å². The summed E-state index contributed by atoms with van der Waals surface area (Å²) in [4.78, 5) is 11.6. The fraction of sp³-hybridized carbons (Fsp3) is 0.471. The lowest BCUT2D eigenvalue weighted by Gasteiger charge is -2.19. The Hall–Kier alpha value is -1.25. The predicted octanol–water partition coefficient (Wildman–Crippen LogP) is 4.70. The third kappa shape index (κ3) is 7.67. The molecule has 1 rings (SSSR count). The molecule has 0 fully saturated rings. The van der Waals surface area contributed by atoms with E-state index in [1.807, 2.05) is 39.0 Å². The lowest BCUT2D eigenvalue weighted by Crippen LogP contribution is -2.32. The van der Waals surface area contributed by atoms with Crippen LogP contribution in [0.15, 0.2) is 22.7 Å². The highest BCUT2D eigenvalue weighted by Gasteiger charge is 2.15. The van der Waals surface area contributed by atoms with Crippen molar-refractivity contribution in [3.63, 3.8) is 0 Å². The van der Waals surface area contributed by atoms with Crippen molar-refractivity contribution in [3.05, 3.63) is 33.8 Å². The van der Waals surface area contributed by atoms with Crippen LogP contribution >= 0.6 is 15.9 Å². The number of nitrogens with one attached hydrogen (secondary N) is 1. The van der Waals surface area contributed by atoms with Crippen LogP contribution in [-0.4, -0.2) is 19.8 Å². The second kappa shape index (κ2) is 7.34. The molecule has 0 radical (unpaired) electrons. The Kier molecular flexibility index (Phi) is 6.27. The summed E-state index contributed by atoms with van der Waals surface area (Å²) in [6, 6.07) is 5.92. The average molecular weight is 382 g/mol. The van der Waals surface area contributed by atoms with Crippen LogP contribution in [0.4, 0.5) is 4.79 Å². The van der Waals surface area contributed by atoms with Gasteiger partial charge in [0, 0.05) is 16.6 Å². The molecule has 0 aliphatic heterocycles. The van der Waals surface area contributed by atoms with Gasteiger partial charge in [0.25, 0.3) is 0 Å². The van der Waals surface area contributed by atoms with E-state index in [1.165, 1.54) is 0 Å². The number of carbonyl (C=O) groups is 1. The molecule has 0 saturated heterocycles. The van der Waals surface area contributed by atoms with E-state index < -0.39 is 19.8 Å². The highest BCUT2D eigenvalue weighted by atomic mass is 79.9. The zero-order valence-electron chi connectivity index (χ0n) is 14.1. The van der Waals surface area contributed by atoms with E-state index in [-0.39, 0.29) is 0 Å². The minimum Gasteiger partial charge on any atom is -0.444 e. The van der Waals surface area contributed by atoms with Crippen molar-refractivity contribution in [1.82, 2.24) is 5.32 Å². The molecule has 5 heteroatoms. The molecule has 3 nitrogen and oxygen atoms in total. The van der Waals surface area contributed by atoms with Crippen LogP contribution in [0.25, 0.3) is 0 Å². The van der Waals surface area contributed by atoms with Gasteiger partial charge in [-0.1, -0.05) is 31.6 Å². The highest BCUT2D eigenvalue weighted by molar-refractivity contribution is 9.10. The van der Waals surface area contributed by atoms with Gasteiger partial charge in [-0.15, -0.1) is 5.54 Å². The van der Waals surface area contributed by atoms with E-state index in [9.17, 15) is 4.79 Å². The Balaban J connectivity index is 2.70. The van der Waals surface area contributed by atoms with Gasteiger partial charge in [0.15, 0.2) is 0 Å². The first kappa shape index (κ1) is 18.8. The van der Waals surface area contributed by atoms with Crippen molar-refractivity contribution in [2.45, 2.75) is 52.6 Å². The van der Waals surface area contributed by atoms with Crippen molar-refractivity contribution in [2.24, 2.45) is 0 Å². The van der Waals surface area contributed by atoms with E-state index in [1.54, 1.807) is 0 Å². The summed E-state index contributed by atoms with van der Waals surface area (Å²) >= 11 is 3.54. The van der Waals surface area contributed by atoms with Gasteiger partial charge in [0.05, 0.1) is 0 Å². The van der Waals surface area contributed by atoms with E-state index >= 15 is 0 Å². The number of benzene rings is 1. The zero-order chi connectivity index (χ0) is 17.0. The van der Waals surface area contributed by atoms with E-state index in [0.29, 0.717) is 6.54 Å². The summed E-state index contributed by atoms with van der Waals surface area (Å²) in [6.45, 7) is 12.6. The second-order valence-corrected chi connectivity index (χ2v) is 12.8. The van der Waals surface area contributed by atoms with Gasteiger partial charge < -0.3 is 10.1 Å². The monoisotopic (exact) mass is 381 g/mol. The molecule has 1 aromatic rings. The number of rotatable bonds is 2. The number of alkyl carbamates (subject to hydrolysis) is 1. The second-order valence-electron chi connectivity index (χ2n) is 7.17. The number of halogens is 1. The van der Waals surface area contributed by atoms with E-state index in [4.69, 9.17) is 4.74 Å². The van der Waals surface area contributed by atoms with Crippen LogP contribution in [0.5, 0.6) is 0 Å². The number of hydrogen-bond acceptors (Lipinski definition) is 2. The summed E-state index contributed by atoms with van der Waals surface area (Å²) in [5.74, 6) is 3.23. The van der Waals surface area contributed by atoms with Crippen molar-refractivity contribution in [3.8, 4) is 11.5 Å². The Bertz CT molecular complexity index is 604. The first-order valence-electron chi connectivity index (χ1n) is 7.25. The molecule has 0 spiro atoms. The highest BCUT2D eigenvalue weighted by Crippen LogP contribution is 2.18. The molecular formula is C17H24BrNO2Si. The van der Waals surface area contributed by atoms with Crippen LogP contribution in [0.2, 0.25) is 19.6 Å². The molecule has 120 valence electrons. The quantitative estimate of drug-likeness (QED) is 0.595. The Morgan fingerprint density at radius 2 is 1.95 bits per heavy atom. The first-order valence-corrected chi connectivity index (χ1v) is 11.5. The first-order chi connectivity index (χ1) is 9.96. The van der Waals surface area contributed by atoms with Gasteiger partial charge in [-0.3, -0.25) is 0 Å². The third-order valence-corrected chi connectivity index (χ3v) is 3.97. The molecule has 0 aromatic heterocycles. The molecule has 1 aromatic carbocycles. The standard InChI is InChI=1S/C17H24BrNO2Si/c1-17(2,3)21-16(20)19-12-13-7-8-14(15(18)11-13)9-10-22(4,5)6/h7-8,11H,12H2,1-6H3,(H,19,20). The molecular weight excluding hydrogens is 358 g/mol. The predicted molar refractivity (Wildman–Crippen MR) is 97.4 cm³/mol. The smallest absolute Gasteiger partial charge is 0.407 e. The maximum atomic E-state index is 11.6. The molecule has 0 atom stereocenters. The molecule has 0 saturated carbocycles. The molecule has 0 bridgehead atoms. The molecule has 1 N–H and O–H groups in total. The van der Waals surface area contributed by atoms with Crippen molar-refractivity contribution < 1.29 is 9.53 Å².